The summed E-state index contributed by atoms with van der Waals surface area (Å²) < 4.78 is 0. The van der Waals surface area contributed by atoms with Gasteiger partial charge in [0.1, 0.15) is 6.29 Å². The zero-order valence-electron chi connectivity index (χ0n) is 11.3. The van der Waals surface area contributed by atoms with E-state index in [1.54, 1.807) is 0 Å². The molecule has 4 heteroatoms. The van der Waals surface area contributed by atoms with Gasteiger partial charge in [-0.3, -0.25) is 5.32 Å². The van der Waals surface area contributed by atoms with Crippen molar-refractivity contribution in [3.05, 3.63) is 0 Å². The number of hydrogen-bond acceptors (Lipinski definition) is 4. The molecule has 0 saturated heterocycles. The number of nitrogens with two attached hydrogens (primary N) is 2. The number of hydrogen-bond donors (Lipinski definition) is 4. The van der Waals surface area contributed by atoms with Gasteiger partial charge in [0.05, 0.1) is 0 Å². The Labute approximate surface area is 101 Å². The summed E-state index contributed by atoms with van der Waals surface area (Å²) in [4.78, 5) is 0. The Morgan fingerprint density at radius 2 is 1.69 bits per heavy atom. The van der Waals surface area contributed by atoms with Gasteiger partial charge in [0, 0.05) is 12.1 Å². The molecule has 0 aromatic rings. The van der Waals surface area contributed by atoms with Gasteiger partial charge >= 0.3 is 0 Å². The predicted molar refractivity (Wildman–Crippen MR) is 70.9 cm³/mol. The van der Waals surface area contributed by atoms with E-state index >= 15 is 0 Å². The average Bonchev–Trinajstić information content (AvgIpc) is 2.09. The minimum absolute atomic E-state index is 0.387. The molecule has 0 amide bonds. The topological polar surface area (TPSA) is 76.1 Å². The maximum absolute atomic E-state index is 5.42. The van der Waals surface area contributed by atoms with Crippen LogP contribution in [0.3, 0.4) is 0 Å². The Morgan fingerprint density at radius 3 is 2.12 bits per heavy atom. The van der Waals surface area contributed by atoms with Crippen LogP contribution in [0.25, 0.3) is 0 Å². The van der Waals surface area contributed by atoms with Gasteiger partial charge in [0.15, 0.2) is 0 Å². The second-order valence-corrected chi connectivity index (χ2v) is 5.27. The molecule has 0 bridgehead atoms. The van der Waals surface area contributed by atoms with Crippen molar-refractivity contribution in [2.24, 2.45) is 17.4 Å². The second kappa shape index (κ2) is 8.93. The van der Waals surface area contributed by atoms with Gasteiger partial charge < -0.3 is 16.8 Å². The van der Waals surface area contributed by atoms with E-state index in [0.29, 0.717) is 12.1 Å². The van der Waals surface area contributed by atoms with Crippen molar-refractivity contribution >= 4 is 0 Å². The molecule has 0 aliphatic carbocycles. The SMILES string of the molecule is CC(C)C[C@H](CCCNC(N)N)NC(C)C. The summed E-state index contributed by atoms with van der Waals surface area (Å²) in [7, 11) is 0. The molecule has 0 aromatic carbocycles. The van der Waals surface area contributed by atoms with Crippen molar-refractivity contribution in [1.82, 2.24) is 10.6 Å². The highest BCUT2D eigenvalue weighted by Crippen LogP contribution is 2.10. The van der Waals surface area contributed by atoms with Gasteiger partial charge in [-0.05, 0) is 31.7 Å². The third-order valence-electron chi connectivity index (χ3n) is 2.43. The van der Waals surface area contributed by atoms with Crippen molar-refractivity contribution < 1.29 is 0 Å². The highest BCUT2D eigenvalue weighted by atomic mass is 15.1. The van der Waals surface area contributed by atoms with Gasteiger partial charge in [0.25, 0.3) is 0 Å². The van der Waals surface area contributed by atoms with E-state index in [4.69, 9.17) is 11.5 Å². The third-order valence-corrected chi connectivity index (χ3v) is 2.43. The van der Waals surface area contributed by atoms with Crippen LogP contribution in [0.2, 0.25) is 0 Å². The Kier molecular flexibility index (Phi) is 8.84. The maximum Gasteiger partial charge on any atom is 0.106 e. The van der Waals surface area contributed by atoms with Crippen LogP contribution in [0.5, 0.6) is 0 Å². The lowest BCUT2D eigenvalue weighted by molar-refractivity contribution is 0.361. The van der Waals surface area contributed by atoms with Crippen LogP contribution in [0.15, 0.2) is 0 Å². The van der Waals surface area contributed by atoms with E-state index in [-0.39, 0.29) is 6.29 Å². The molecule has 0 rings (SSSR count). The quantitative estimate of drug-likeness (QED) is 0.352. The second-order valence-electron chi connectivity index (χ2n) is 5.27. The standard InChI is InChI=1S/C12H30N4/c1-9(2)8-11(16-10(3)4)6-5-7-15-12(13)14/h9-12,15-16H,5-8,13-14H2,1-4H3/t11-/m0/s1. The summed E-state index contributed by atoms with van der Waals surface area (Å²) in [5.74, 6) is 0.737. The molecule has 0 aliphatic heterocycles. The number of nitrogens with one attached hydrogen (secondary N) is 2. The van der Waals surface area contributed by atoms with Crippen molar-refractivity contribution in [1.29, 1.82) is 0 Å². The van der Waals surface area contributed by atoms with Crippen LogP contribution in [-0.2, 0) is 0 Å². The first-order valence-electron chi connectivity index (χ1n) is 6.42. The van der Waals surface area contributed by atoms with Crippen LogP contribution < -0.4 is 22.1 Å². The van der Waals surface area contributed by atoms with Crippen LogP contribution >= 0.6 is 0 Å². The summed E-state index contributed by atoms with van der Waals surface area (Å²) in [6.45, 7) is 9.82. The Morgan fingerprint density at radius 1 is 1.06 bits per heavy atom. The molecule has 6 N–H and O–H groups in total. The van der Waals surface area contributed by atoms with E-state index in [1.165, 1.54) is 12.8 Å². The molecular formula is C12H30N4. The normalized spacial score (nSPS) is 14.1. The minimum atomic E-state index is -0.387. The van der Waals surface area contributed by atoms with E-state index < -0.39 is 0 Å². The molecule has 16 heavy (non-hydrogen) atoms. The zero-order valence-corrected chi connectivity index (χ0v) is 11.3. The van der Waals surface area contributed by atoms with E-state index in [9.17, 15) is 0 Å². The summed E-state index contributed by atoms with van der Waals surface area (Å²) >= 11 is 0. The summed E-state index contributed by atoms with van der Waals surface area (Å²) in [6.07, 6.45) is 3.13. The molecule has 0 fully saturated rings. The molecule has 98 valence electrons. The van der Waals surface area contributed by atoms with Crippen LogP contribution in [0.4, 0.5) is 0 Å². The summed E-state index contributed by atoms with van der Waals surface area (Å²) in [5.41, 5.74) is 10.8. The first kappa shape index (κ1) is 15.8. The Balaban J connectivity index is 3.73. The molecule has 0 spiro atoms. The summed E-state index contributed by atoms with van der Waals surface area (Å²) in [5, 5.41) is 6.64. The Bertz CT molecular complexity index is 147. The van der Waals surface area contributed by atoms with E-state index in [2.05, 4.69) is 38.3 Å². The fourth-order valence-electron chi connectivity index (χ4n) is 1.93. The molecule has 0 saturated carbocycles. The first-order chi connectivity index (χ1) is 7.41. The maximum atomic E-state index is 5.42. The van der Waals surface area contributed by atoms with Gasteiger partial charge in [-0.25, -0.2) is 0 Å². The largest absolute Gasteiger partial charge is 0.312 e. The van der Waals surface area contributed by atoms with E-state index in [0.717, 1.165) is 18.9 Å². The highest BCUT2D eigenvalue weighted by molar-refractivity contribution is 4.71. The van der Waals surface area contributed by atoms with Gasteiger partial charge in [0.2, 0.25) is 0 Å². The molecule has 0 unspecified atom stereocenters. The van der Waals surface area contributed by atoms with Crippen LogP contribution in [0.1, 0.15) is 47.0 Å². The van der Waals surface area contributed by atoms with Crippen molar-refractivity contribution in [3.8, 4) is 0 Å². The zero-order chi connectivity index (χ0) is 12.6. The molecule has 1 atom stereocenters. The minimum Gasteiger partial charge on any atom is -0.312 e. The van der Waals surface area contributed by atoms with Crippen molar-refractivity contribution in [2.45, 2.75) is 65.3 Å². The lowest BCUT2D eigenvalue weighted by Crippen LogP contribution is -2.45. The molecule has 0 aliphatic rings. The fraction of sp³-hybridized carbons (Fsp3) is 1.00. The monoisotopic (exact) mass is 230 g/mol. The molecular weight excluding hydrogens is 200 g/mol. The third kappa shape index (κ3) is 10.4. The van der Waals surface area contributed by atoms with Crippen molar-refractivity contribution in [2.75, 3.05) is 6.54 Å². The van der Waals surface area contributed by atoms with Crippen LogP contribution in [0, 0.1) is 5.92 Å². The fourth-order valence-corrected chi connectivity index (χ4v) is 1.93. The van der Waals surface area contributed by atoms with E-state index in [1.807, 2.05) is 0 Å². The molecule has 4 nitrogen and oxygen atoms in total. The molecule has 0 aromatic heterocycles. The van der Waals surface area contributed by atoms with Crippen LogP contribution in [-0.4, -0.2) is 24.9 Å². The number of rotatable bonds is 9. The lowest BCUT2D eigenvalue weighted by atomic mass is 9.99. The van der Waals surface area contributed by atoms with Gasteiger partial charge in [-0.2, -0.15) is 0 Å². The van der Waals surface area contributed by atoms with Gasteiger partial charge in [-0.1, -0.05) is 27.7 Å². The smallest absolute Gasteiger partial charge is 0.106 e. The highest BCUT2D eigenvalue weighted by Gasteiger charge is 2.11. The van der Waals surface area contributed by atoms with Gasteiger partial charge in [-0.15, -0.1) is 0 Å². The summed E-state index contributed by atoms with van der Waals surface area (Å²) in [6, 6.07) is 1.16. The molecule has 0 radical (unpaired) electrons. The predicted octanol–water partition coefficient (Wildman–Crippen LogP) is 0.970. The molecule has 0 heterocycles. The lowest BCUT2D eigenvalue weighted by Gasteiger charge is -2.23. The Hall–Kier alpha value is -0.160. The average molecular weight is 230 g/mol. The van der Waals surface area contributed by atoms with Crippen molar-refractivity contribution in [3.63, 3.8) is 0 Å². The first-order valence-corrected chi connectivity index (χ1v) is 6.42.